The van der Waals surface area contributed by atoms with Gasteiger partial charge in [0.05, 0.1) is 11.6 Å². The monoisotopic (exact) mass is 418 g/mol. The molecule has 2 aromatic carbocycles. The molecule has 30 heavy (non-hydrogen) atoms. The predicted octanol–water partition coefficient (Wildman–Crippen LogP) is 5.71. The number of hydrogen-bond donors (Lipinski definition) is 0. The first-order valence-corrected chi connectivity index (χ1v) is 10.2. The number of carbonyl (C=O) groups excluding carboxylic acids is 1. The van der Waals surface area contributed by atoms with Crippen LogP contribution in [-0.4, -0.2) is 23.0 Å². The van der Waals surface area contributed by atoms with Gasteiger partial charge in [-0.2, -0.15) is 0 Å². The van der Waals surface area contributed by atoms with Gasteiger partial charge in [0, 0.05) is 34.5 Å². The number of hydrogen-bond acceptors (Lipinski definition) is 2. The lowest BCUT2D eigenvalue weighted by molar-refractivity contribution is -0.199. The van der Waals surface area contributed by atoms with Crippen molar-refractivity contribution in [2.75, 3.05) is 0 Å². The molecule has 4 nitrogen and oxygen atoms in total. The molecule has 0 aromatic heterocycles. The van der Waals surface area contributed by atoms with Crippen LogP contribution in [0.15, 0.2) is 36.4 Å². The zero-order valence-electron chi connectivity index (χ0n) is 17.5. The third-order valence-electron chi connectivity index (χ3n) is 6.47. The van der Waals surface area contributed by atoms with Crippen LogP contribution in [0.5, 0.6) is 5.75 Å². The van der Waals surface area contributed by atoms with Gasteiger partial charge in [-0.3, -0.25) is 4.79 Å². The Balaban J connectivity index is 1.60. The molecule has 0 saturated heterocycles. The van der Waals surface area contributed by atoms with Crippen molar-refractivity contribution in [2.45, 2.75) is 46.4 Å². The second-order valence-electron chi connectivity index (χ2n) is 9.22. The molecule has 0 N–H and O–H groups in total. The van der Waals surface area contributed by atoms with E-state index in [0.717, 1.165) is 16.7 Å². The van der Waals surface area contributed by atoms with E-state index >= 15 is 0 Å². The number of ether oxygens (including phenoxy) is 1. The molecular weight excluding hydrogens is 396 g/mol. The SMILES string of the molecule is [C-]#[N+]c1ccc(OC2C(C)(C)C(N3Cc4cc(C#C)ccc4C3=O)C2(C)C)cc1Cl. The Kier molecular flexibility index (Phi) is 4.60. The van der Waals surface area contributed by atoms with Crippen molar-refractivity contribution in [1.82, 2.24) is 4.90 Å². The zero-order valence-corrected chi connectivity index (χ0v) is 18.2. The Morgan fingerprint density at radius 3 is 2.50 bits per heavy atom. The van der Waals surface area contributed by atoms with E-state index in [1.165, 1.54) is 0 Å². The number of rotatable bonds is 3. The van der Waals surface area contributed by atoms with Crippen molar-refractivity contribution in [3.63, 3.8) is 0 Å². The maximum Gasteiger partial charge on any atom is 0.254 e. The molecule has 2 aliphatic rings. The molecule has 0 radical (unpaired) electrons. The lowest BCUT2D eigenvalue weighted by Gasteiger charge is -2.65. The Bertz CT molecular complexity index is 1120. The molecule has 2 aromatic rings. The predicted molar refractivity (Wildman–Crippen MR) is 118 cm³/mol. The van der Waals surface area contributed by atoms with Gasteiger partial charge >= 0.3 is 0 Å². The highest BCUT2D eigenvalue weighted by Gasteiger charge is 2.66. The van der Waals surface area contributed by atoms with Gasteiger partial charge in [0.1, 0.15) is 11.9 Å². The molecule has 1 fully saturated rings. The quantitative estimate of drug-likeness (QED) is 0.472. The highest BCUT2D eigenvalue weighted by molar-refractivity contribution is 6.33. The maximum atomic E-state index is 13.2. The van der Waals surface area contributed by atoms with E-state index in [2.05, 4.69) is 38.5 Å². The molecule has 0 unspecified atom stereocenters. The standard InChI is InChI=1S/C25H23ClN2O2/c1-7-15-8-10-18-16(12-15)14-28(21(18)29)22-24(2,3)23(25(22,4)5)30-17-9-11-20(27-6)19(26)13-17/h1,8-13,22-23H,14H2,2-5H3. The summed E-state index contributed by atoms with van der Waals surface area (Å²) in [5, 5.41) is 0.378. The summed E-state index contributed by atoms with van der Waals surface area (Å²) in [5.74, 6) is 3.32. The summed E-state index contributed by atoms with van der Waals surface area (Å²) in [6, 6.07) is 10.7. The van der Waals surface area contributed by atoms with Crippen LogP contribution >= 0.6 is 11.6 Å². The number of carbonyl (C=O) groups is 1. The van der Waals surface area contributed by atoms with Crippen LogP contribution in [0.3, 0.4) is 0 Å². The lowest BCUT2D eigenvalue weighted by atomic mass is 9.49. The number of fused-ring (bicyclic) bond motifs is 1. The van der Waals surface area contributed by atoms with E-state index in [4.69, 9.17) is 29.3 Å². The second-order valence-corrected chi connectivity index (χ2v) is 9.62. The molecule has 152 valence electrons. The fraction of sp³-hybridized carbons (Fsp3) is 0.360. The van der Waals surface area contributed by atoms with E-state index in [0.29, 0.717) is 23.0 Å². The number of terminal acetylenes is 1. The van der Waals surface area contributed by atoms with Crippen LogP contribution < -0.4 is 4.74 Å². The third-order valence-corrected chi connectivity index (χ3v) is 6.77. The van der Waals surface area contributed by atoms with E-state index in [9.17, 15) is 4.79 Å². The van der Waals surface area contributed by atoms with Gasteiger partial charge in [-0.05, 0) is 35.9 Å². The van der Waals surface area contributed by atoms with Crippen molar-refractivity contribution >= 4 is 23.2 Å². The number of benzene rings is 2. The molecule has 1 heterocycles. The minimum Gasteiger partial charge on any atom is -0.489 e. The molecule has 5 heteroatoms. The van der Waals surface area contributed by atoms with E-state index < -0.39 is 0 Å². The average Bonchev–Trinajstić information content (AvgIpc) is 3.00. The average molecular weight is 419 g/mol. The van der Waals surface area contributed by atoms with Crippen LogP contribution in [-0.2, 0) is 6.54 Å². The summed E-state index contributed by atoms with van der Waals surface area (Å²) in [6.07, 6.45) is 5.40. The first-order chi connectivity index (χ1) is 14.1. The topological polar surface area (TPSA) is 33.9 Å². The van der Waals surface area contributed by atoms with Gasteiger partial charge in [0.2, 0.25) is 5.69 Å². The molecule has 1 aliphatic heterocycles. The second kappa shape index (κ2) is 6.79. The highest BCUT2D eigenvalue weighted by Crippen LogP contribution is 2.59. The Morgan fingerprint density at radius 1 is 1.20 bits per heavy atom. The highest BCUT2D eigenvalue weighted by atomic mass is 35.5. The van der Waals surface area contributed by atoms with Gasteiger partial charge in [-0.25, -0.2) is 4.85 Å². The molecule has 4 rings (SSSR count). The third kappa shape index (κ3) is 2.87. The molecule has 0 atom stereocenters. The van der Waals surface area contributed by atoms with Crippen LogP contribution in [0.25, 0.3) is 4.85 Å². The zero-order chi connectivity index (χ0) is 21.8. The minimum atomic E-state index is -0.277. The smallest absolute Gasteiger partial charge is 0.254 e. The Hall–Kier alpha value is -2.95. The Labute approximate surface area is 182 Å². The maximum absolute atomic E-state index is 13.2. The number of halogens is 1. The fourth-order valence-corrected chi connectivity index (χ4v) is 5.86. The summed E-state index contributed by atoms with van der Waals surface area (Å²) >= 11 is 6.18. The minimum absolute atomic E-state index is 0.00201. The van der Waals surface area contributed by atoms with Crippen molar-refractivity contribution in [2.24, 2.45) is 10.8 Å². The fourth-order valence-electron chi connectivity index (χ4n) is 5.64. The normalized spacial score (nSPS) is 23.2. The molecule has 1 saturated carbocycles. The summed E-state index contributed by atoms with van der Waals surface area (Å²) < 4.78 is 6.35. The van der Waals surface area contributed by atoms with Gasteiger partial charge in [0.25, 0.3) is 5.91 Å². The first-order valence-electron chi connectivity index (χ1n) is 9.85. The molecule has 0 bridgehead atoms. The van der Waals surface area contributed by atoms with Crippen LogP contribution in [0.1, 0.15) is 49.2 Å². The summed E-state index contributed by atoms with van der Waals surface area (Å²) in [4.78, 5) is 18.5. The van der Waals surface area contributed by atoms with Gasteiger partial charge in [-0.1, -0.05) is 51.3 Å². The lowest BCUT2D eigenvalue weighted by Crippen LogP contribution is -2.74. The van der Waals surface area contributed by atoms with E-state index in [1.54, 1.807) is 18.2 Å². The van der Waals surface area contributed by atoms with E-state index in [-0.39, 0.29) is 28.9 Å². The van der Waals surface area contributed by atoms with Gasteiger partial charge < -0.3 is 9.64 Å². The summed E-state index contributed by atoms with van der Waals surface area (Å²) in [6.45, 7) is 16.2. The van der Waals surface area contributed by atoms with E-state index in [1.807, 2.05) is 23.1 Å². The van der Waals surface area contributed by atoms with Crippen LogP contribution in [0.2, 0.25) is 5.02 Å². The first kappa shape index (κ1) is 20.3. The largest absolute Gasteiger partial charge is 0.489 e. The number of nitrogens with zero attached hydrogens (tertiary/aromatic N) is 2. The van der Waals surface area contributed by atoms with Crippen molar-refractivity contribution < 1.29 is 9.53 Å². The van der Waals surface area contributed by atoms with Crippen molar-refractivity contribution in [3.05, 3.63) is 69.5 Å². The summed E-state index contributed by atoms with van der Waals surface area (Å²) in [7, 11) is 0. The van der Waals surface area contributed by atoms with Crippen LogP contribution in [0.4, 0.5) is 5.69 Å². The van der Waals surface area contributed by atoms with Crippen molar-refractivity contribution in [1.29, 1.82) is 0 Å². The van der Waals surface area contributed by atoms with Crippen molar-refractivity contribution in [3.8, 4) is 18.1 Å². The van der Waals surface area contributed by atoms with Gasteiger partial charge in [-0.15, -0.1) is 6.42 Å². The molecule has 1 amide bonds. The molecule has 1 aliphatic carbocycles. The molecular formula is C25H23ClN2O2. The summed E-state index contributed by atoms with van der Waals surface area (Å²) in [5.41, 5.74) is 2.35. The van der Waals surface area contributed by atoms with Gasteiger partial charge in [0.15, 0.2) is 0 Å². The van der Waals surface area contributed by atoms with Crippen LogP contribution in [0, 0.1) is 29.7 Å². The Morgan fingerprint density at radius 2 is 1.90 bits per heavy atom. The molecule has 0 spiro atoms. The number of amides is 1.